The van der Waals surface area contributed by atoms with E-state index < -0.39 is 0 Å². The maximum atomic E-state index is 11.4. The summed E-state index contributed by atoms with van der Waals surface area (Å²) in [5, 5.41) is 3.98. The van der Waals surface area contributed by atoms with Crippen LogP contribution in [0.5, 0.6) is 11.6 Å². The molecule has 0 unspecified atom stereocenters. The highest BCUT2D eigenvalue weighted by molar-refractivity contribution is 5.22. The van der Waals surface area contributed by atoms with Crippen LogP contribution in [-0.4, -0.2) is 19.7 Å². The van der Waals surface area contributed by atoms with E-state index in [2.05, 4.69) is 15.1 Å². The molecule has 6 heteroatoms. The maximum Gasteiger partial charge on any atom is 0.254 e. The van der Waals surface area contributed by atoms with E-state index in [0.717, 1.165) is 18.7 Å². The number of aromatic amines is 1. The second kappa shape index (κ2) is 3.73. The molecule has 0 radical (unpaired) electrons. The Bertz CT molecular complexity index is 598. The molecule has 1 saturated carbocycles. The molecular weight excluding hydrogens is 220 g/mol. The number of hydrogen-bond acceptors (Lipinski definition) is 4. The first-order chi connectivity index (χ1) is 8.20. The highest BCUT2D eigenvalue weighted by atomic mass is 16.5. The molecular formula is C11H12N4O2. The van der Waals surface area contributed by atoms with Gasteiger partial charge >= 0.3 is 0 Å². The minimum Gasteiger partial charge on any atom is -0.435 e. The summed E-state index contributed by atoms with van der Waals surface area (Å²) >= 11 is 0. The summed E-state index contributed by atoms with van der Waals surface area (Å²) in [5.41, 5.74) is -0.180. The van der Waals surface area contributed by atoms with Crippen molar-refractivity contribution >= 4 is 0 Å². The Morgan fingerprint density at radius 3 is 3.00 bits per heavy atom. The van der Waals surface area contributed by atoms with Gasteiger partial charge in [-0.1, -0.05) is 0 Å². The maximum absolute atomic E-state index is 11.4. The first-order valence-corrected chi connectivity index (χ1v) is 5.48. The van der Waals surface area contributed by atoms with E-state index in [4.69, 9.17) is 4.74 Å². The van der Waals surface area contributed by atoms with E-state index in [1.807, 2.05) is 0 Å². The van der Waals surface area contributed by atoms with E-state index >= 15 is 0 Å². The molecule has 0 bridgehead atoms. The van der Waals surface area contributed by atoms with Crippen molar-refractivity contribution in [3.63, 3.8) is 0 Å². The number of rotatable bonds is 3. The van der Waals surface area contributed by atoms with Gasteiger partial charge < -0.3 is 9.72 Å². The van der Waals surface area contributed by atoms with E-state index in [1.54, 1.807) is 24.1 Å². The Morgan fingerprint density at radius 1 is 1.53 bits per heavy atom. The molecule has 2 aromatic rings. The number of nitrogens with one attached hydrogen (secondary N) is 1. The molecule has 17 heavy (non-hydrogen) atoms. The van der Waals surface area contributed by atoms with E-state index in [-0.39, 0.29) is 5.56 Å². The SMILES string of the molecule is Cn1cc(Oc2cc(=O)[nH]c(C3CC3)n2)cn1. The third-order valence-electron chi connectivity index (χ3n) is 2.60. The quantitative estimate of drug-likeness (QED) is 0.862. The molecule has 0 aliphatic heterocycles. The molecule has 0 atom stereocenters. The summed E-state index contributed by atoms with van der Waals surface area (Å²) in [7, 11) is 1.80. The number of aromatic nitrogens is 4. The Balaban J connectivity index is 1.89. The van der Waals surface area contributed by atoms with Gasteiger partial charge in [-0.25, -0.2) is 0 Å². The van der Waals surface area contributed by atoms with Crippen LogP contribution >= 0.6 is 0 Å². The van der Waals surface area contributed by atoms with Gasteiger partial charge in [0.05, 0.1) is 18.5 Å². The molecule has 3 rings (SSSR count). The first-order valence-electron chi connectivity index (χ1n) is 5.48. The lowest BCUT2D eigenvalue weighted by molar-refractivity contribution is 0.457. The fourth-order valence-corrected chi connectivity index (χ4v) is 1.63. The van der Waals surface area contributed by atoms with Crippen LogP contribution in [0.3, 0.4) is 0 Å². The number of hydrogen-bond donors (Lipinski definition) is 1. The predicted octanol–water partition coefficient (Wildman–Crippen LogP) is 1.17. The summed E-state index contributed by atoms with van der Waals surface area (Å²) in [6, 6.07) is 1.35. The van der Waals surface area contributed by atoms with Gasteiger partial charge in [0.1, 0.15) is 5.82 Å². The first kappa shape index (κ1) is 10.1. The zero-order chi connectivity index (χ0) is 11.8. The zero-order valence-electron chi connectivity index (χ0n) is 9.38. The predicted molar refractivity (Wildman–Crippen MR) is 60.1 cm³/mol. The molecule has 2 aromatic heterocycles. The van der Waals surface area contributed by atoms with Gasteiger partial charge in [-0.05, 0) is 12.8 Å². The summed E-state index contributed by atoms with van der Waals surface area (Å²) < 4.78 is 7.11. The minimum atomic E-state index is -0.180. The fraction of sp³-hybridized carbons (Fsp3) is 0.364. The van der Waals surface area contributed by atoms with Gasteiger partial charge in [-0.15, -0.1) is 0 Å². The van der Waals surface area contributed by atoms with Crippen molar-refractivity contribution in [2.45, 2.75) is 18.8 Å². The Hall–Kier alpha value is -2.11. The third kappa shape index (κ3) is 2.20. The van der Waals surface area contributed by atoms with E-state index in [0.29, 0.717) is 17.5 Å². The molecule has 0 saturated heterocycles. The average Bonchev–Trinajstić information content (AvgIpc) is 3.03. The standard InChI is InChI=1S/C11H12N4O2/c1-15-6-8(5-12-15)17-10-4-9(16)13-11(14-10)7-2-3-7/h4-7H,2-3H2,1H3,(H,13,14,16). The number of aryl methyl sites for hydroxylation is 1. The lowest BCUT2D eigenvalue weighted by Crippen LogP contribution is -2.10. The summed E-state index contributed by atoms with van der Waals surface area (Å²) in [6.45, 7) is 0. The summed E-state index contributed by atoms with van der Waals surface area (Å²) in [4.78, 5) is 18.5. The van der Waals surface area contributed by atoms with Gasteiger partial charge in [0.15, 0.2) is 5.75 Å². The normalized spacial score (nSPS) is 14.9. The second-order valence-corrected chi connectivity index (χ2v) is 4.19. The molecule has 2 heterocycles. The fourth-order valence-electron chi connectivity index (χ4n) is 1.63. The van der Waals surface area contributed by atoms with Crippen LogP contribution in [0.25, 0.3) is 0 Å². The largest absolute Gasteiger partial charge is 0.435 e. The molecule has 1 aliphatic rings. The van der Waals surface area contributed by atoms with Crippen LogP contribution in [0.15, 0.2) is 23.3 Å². The number of nitrogens with zero attached hydrogens (tertiary/aromatic N) is 3. The van der Waals surface area contributed by atoms with Crippen LogP contribution in [0.4, 0.5) is 0 Å². The van der Waals surface area contributed by atoms with Crippen molar-refractivity contribution in [2.24, 2.45) is 7.05 Å². The summed E-state index contributed by atoms with van der Waals surface area (Å²) in [5.74, 6) is 2.01. The molecule has 1 N–H and O–H groups in total. The van der Waals surface area contributed by atoms with Gasteiger partial charge in [0.2, 0.25) is 5.88 Å². The molecule has 0 spiro atoms. The Labute approximate surface area is 97.3 Å². The van der Waals surface area contributed by atoms with Crippen molar-refractivity contribution < 1.29 is 4.74 Å². The van der Waals surface area contributed by atoms with Crippen LogP contribution in [0.1, 0.15) is 24.6 Å². The van der Waals surface area contributed by atoms with Crippen molar-refractivity contribution in [1.29, 1.82) is 0 Å². The van der Waals surface area contributed by atoms with Gasteiger partial charge in [-0.2, -0.15) is 10.1 Å². The Morgan fingerprint density at radius 2 is 2.35 bits per heavy atom. The molecule has 0 amide bonds. The van der Waals surface area contributed by atoms with Crippen molar-refractivity contribution in [1.82, 2.24) is 19.7 Å². The number of H-pyrrole nitrogens is 1. The lowest BCUT2D eigenvalue weighted by atomic mass is 10.4. The Kier molecular flexibility index (Phi) is 2.21. The molecule has 1 fully saturated rings. The van der Waals surface area contributed by atoms with Crippen LogP contribution in [0, 0.1) is 0 Å². The van der Waals surface area contributed by atoms with Gasteiger partial charge in [0, 0.05) is 13.0 Å². The van der Waals surface area contributed by atoms with Crippen molar-refractivity contribution in [3.8, 4) is 11.6 Å². The van der Waals surface area contributed by atoms with Crippen LogP contribution in [0.2, 0.25) is 0 Å². The van der Waals surface area contributed by atoms with E-state index in [9.17, 15) is 4.79 Å². The monoisotopic (exact) mass is 232 g/mol. The minimum absolute atomic E-state index is 0.180. The molecule has 6 nitrogen and oxygen atoms in total. The van der Waals surface area contributed by atoms with E-state index in [1.165, 1.54) is 6.07 Å². The summed E-state index contributed by atoms with van der Waals surface area (Å²) in [6.07, 6.45) is 5.47. The highest BCUT2D eigenvalue weighted by Gasteiger charge is 2.26. The van der Waals surface area contributed by atoms with Crippen LogP contribution in [-0.2, 0) is 7.05 Å². The molecule has 88 valence electrons. The van der Waals surface area contributed by atoms with Gasteiger partial charge in [-0.3, -0.25) is 9.48 Å². The second-order valence-electron chi connectivity index (χ2n) is 4.19. The molecule has 1 aliphatic carbocycles. The zero-order valence-corrected chi connectivity index (χ0v) is 9.38. The average molecular weight is 232 g/mol. The number of ether oxygens (including phenoxy) is 1. The molecule has 0 aromatic carbocycles. The smallest absolute Gasteiger partial charge is 0.254 e. The van der Waals surface area contributed by atoms with Crippen LogP contribution < -0.4 is 10.3 Å². The van der Waals surface area contributed by atoms with Crippen molar-refractivity contribution in [3.05, 3.63) is 34.6 Å². The lowest BCUT2D eigenvalue weighted by Gasteiger charge is -2.03. The van der Waals surface area contributed by atoms with Crippen molar-refractivity contribution in [2.75, 3.05) is 0 Å². The van der Waals surface area contributed by atoms with Gasteiger partial charge in [0.25, 0.3) is 5.56 Å². The highest BCUT2D eigenvalue weighted by Crippen LogP contribution is 2.38. The topological polar surface area (TPSA) is 72.8 Å². The third-order valence-corrected chi connectivity index (χ3v) is 2.60.